The molecule has 1 fully saturated rings. The normalized spacial score (nSPS) is 24.2. The number of nitriles is 1. The molecule has 0 aromatic rings. The number of hydrogen-bond acceptors (Lipinski definition) is 4. The maximum Gasteiger partial charge on any atom is 0.310 e. The molecule has 1 saturated heterocycles. The lowest BCUT2D eigenvalue weighted by atomic mass is 10.1. The Balaban J connectivity index is 2.49. The topological polar surface area (TPSA) is 53.3 Å². The van der Waals surface area contributed by atoms with Gasteiger partial charge in [0.1, 0.15) is 0 Å². The molecule has 0 amide bonds. The fraction of sp³-hybridized carbons (Fsp3) is 0.800. The molecular weight excluding hydrogens is 180 g/mol. The lowest BCUT2D eigenvalue weighted by molar-refractivity contribution is -0.144. The molecule has 14 heavy (non-hydrogen) atoms. The van der Waals surface area contributed by atoms with Crippen molar-refractivity contribution in [2.24, 2.45) is 5.92 Å². The summed E-state index contributed by atoms with van der Waals surface area (Å²) in [6.45, 7) is 3.48. The largest absolute Gasteiger partial charge is 0.469 e. The van der Waals surface area contributed by atoms with E-state index in [1.165, 1.54) is 7.11 Å². The first-order valence-corrected chi connectivity index (χ1v) is 4.94. The van der Waals surface area contributed by atoms with Gasteiger partial charge in [-0.05, 0) is 12.8 Å². The Morgan fingerprint density at radius 1 is 1.79 bits per heavy atom. The van der Waals surface area contributed by atoms with E-state index in [1.807, 2.05) is 6.92 Å². The minimum absolute atomic E-state index is 0.0394. The fourth-order valence-corrected chi connectivity index (χ4v) is 1.86. The van der Waals surface area contributed by atoms with Gasteiger partial charge in [0.15, 0.2) is 0 Å². The summed E-state index contributed by atoms with van der Waals surface area (Å²) in [4.78, 5) is 13.3. The highest BCUT2D eigenvalue weighted by Gasteiger charge is 2.32. The van der Waals surface area contributed by atoms with Crippen LogP contribution in [0.15, 0.2) is 0 Å². The minimum atomic E-state index is -0.153. The quantitative estimate of drug-likeness (QED) is 0.626. The van der Waals surface area contributed by atoms with E-state index in [1.54, 1.807) is 0 Å². The number of esters is 1. The molecule has 0 radical (unpaired) electrons. The van der Waals surface area contributed by atoms with Gasteiger partial charge >= 0.3 is 5.97 Å². The van der Waals surface area contributed by atoms with Gasteiger partial charge in [0, 0.05) is 13.1 Å². The van der Waals surface area contributed by atoms with Crippen molar-refractivity contribution < 1.29 is 9.53 Å². The molecule has 1 heterocycles. The number of hydrogen-bond donors (Lipinski definition) is 0. The van der Waals surface area contributed by atoms with E-state index in [9.17, 15) is 4.79 Å². The molecular formula is C10H16N2O2. The number of methoxy groups -OCH3 is 1. The molecule has 0 N–H and O–H groups in total. The number of carbonyl (C=O) groups is 1. The van der Waals surface area contributed by atoms with Gasteiger partial charge in [-0.1, -0.05) is 6.92 Å². The van der Waals surface area contributed by atoms with E-state index in [0.29, 0.717) is 6.54 Å². The van der Waals surface area contributed by atoms with Gasteiger partial charge in [0.25, 0.3) is 0 Å². The van der Waals surface area contributed by atoms with E-state index in [0.717, 1.165) is 19.4 Å². The summed E-state index contributed by atoms with van der Waals surface area (Å²) in [5, 5.41) is 8.86. The molecule has 1 rings (SSSR count). The first kappa shape index (κ1) is 11.0. The monoisotopic (exact) mass is 196 g/mol. The maximum absolute atomic E-state index is 11.2. The van der Waals surface area contributed by atoms with Crippen molar-refractivity contribution in [3.63, 3.8) is 0 Å². The highest BCUT2D eigenvalue weighted by molar-refractivity contribution is 5.72. The van der Waals surface area contributed by atoms with Gasteiger partial charge in [0.2, 0.25) is 0 Å². The van der Waals surface area contributed by atoms with Crippen molar-refractivity contribution in [2.45, 2.75) is 25.8 Å². The van der Waals surface area contributed by atoms with Crippen molar-refractivity contribution in [3.05, 3.63) is 0 Å². The molecule has 78 valence electrons. The molecule has 2 atom stereocenters. The van der Waals surface area contributed by atoms with Crippen molar-refractivity contribution in [3.8, 4) is 6.07 Å². The molecule has 0 aromatic heterocycles. The van der Waals surface area contributed by atoms with Crippen molar-refractivity contribution in [1.82, 2.24) is 4.90 Å². The van der Waals surface area contributed by atoms with Crippen LogP contribution in [0.5, 0.6) is 0 Å². The summed E-state index contributed by atoms with van der Waals surface area (Å²) < 4.78 is 4.68. The van der Waals surface area contributed by atoms with Crippen LogP contribution >= 0.6 is 0 Å². The molecule has 2 unspecified atom stereocenters. The Bertz CT molecular complexity index is 247. The van der Waals surface area contributed by atoms with E-state index >= 15 is 0 Å². The Morgan fingerprint density at radius 3 is 3.00 bits per heavy atom. The summed E-state index contributed by atoms with van der Waals surface area (Å²) in [5.41, 5.74) is 0. The van der Waals surface area contributed by atoms with Crippen LogP contribution in [-0.4, -0.2) is 37.1 Å². The molecule has 0 aromatic carbocycles. The first-order chi connectivity index (χ1) is 6.72. The van der Waals surface area contributed by atoms with Crippen LogP contribution < -0.4 is 0 Å². The van der Waals surface area contributed by atoms with Crippen LogP contribution in [0.3, 0.4) is 0 Å². The van der Waals surface area contributed by atoms with Crippen molar-refractivity contribution in [2.75, 3.05) is 20.2 Å². The van der Waals surface area contributed by atoms with Gasteiger partial charge in [-0.25, -0.2) is 0 Å². The van der Waals surface area contributed by atoms with Crippen LogP contribution in [0.25, 0.3) is 0 Å². The SMILES string of the molecule is CCC(C#N)N1CCC(C(=O)OC)C1. The summed E-state index contributed by atoms with van der Waals surface area (Å²) in [5.74, 6) is -0.192. The highest BCUT2D eigenvalue weighted by Crippen LogP contribution is 2.20. The molecule has 0 bridgehead atoms. The maximum atomic E-state index is 11.2. The predicted octanol–water partition coefficient (Wildman–Crippen LogP) is 0.783. The van der Waals surface area contributed by atoms with Crippen LogP contribution in [-0.2, 0) is 9.53 Å². The average molecular weight is 196 g/mol. The Kier molecular flexibility index (Phi) is 3.90. The Labute approximate surface area is 84.4 Å². The molecule has 0 saturated carbocycles. The van der Waals surface area contributed by atoms with Gasteiger partial charge in [-0.2, -0.15) is 5.26 Å². The molecule has 1 aliphatic rings. The summed E-state index contributed by atoms with van der Waals surface area (Å²) >= 11 is 0. The summed E-state index contributed by atoms with van der Waals surface area (Å²) in [6.07, 6.45) is 1.62. The Hall–Kier alpha value is -1.08. The number of carbonyl (C=O) groups excluding carboxylic acids is 1. The third kappa shape index (κ3) is 2.24. The molecule has 0 spiro atoms. The van der Waals surface area contributed by atoms with E-state index in [-0.39, 0.29) is 17.9 Å². The van der Waals surface area contributed by atoms with E-state index in [2.05, 4.69) is 15.7 Å². The number of rotatable bonds is 3. The first-order valence-electron chi connectivity index (χ1n) is 4.94. The summed E-state index contributed by atoms with van der Waals surface area (Å²) in [7, 11) is 1.41. The van der Waals surface area contributed by atoms with Crippen molar-refractivity contribution >= 4 is 5.97 Å². The van der Waals surface area contributed by atoms with Gasteiger partial charge in [0.05, 0.1) is 25.1 Å². The van der Waals surface area contributed by atoms with Crippen LogP contribution in [0.2, 0.25) is 0 Å². The highest BCUT2D eigenvalue weighted by atomic mass is 16.5. The van der Waals surface area contributed by atoms with Crippen molar-refractivity contribution in [1.29, 1.82) is 5.26 Å². The van der Waals surface area contributed by atoms with Crippen LogP contribution in [0.4, 0.5) is 0 Å². The second-order valence-electron chi connectivity index (χ2n) is 3.56. The standard InChI is InChI=1S/C10H16N2O2/c1-3-9(6-11)12-5-4-8(7-12)10(13)14-2/h8-9H,3-5,7H2,1-2H3. The molecule has 4 heteroatoms. The zero-order valence-corrected chi connectivity index (χ0v) is 8.69. The minimum Gasteiger partial charge on any atom is -0.469 e. The lowest BCUT2D eigenvalue weighted by Gasteiger charge is -2.19. The molecule has 4 nitrogen and oxygen atoms in total. The van der Waals surface area contributed by atoms with E-state index < -0.39 is 0 Å². The van der Waals surface area contributed by atoms with E-state index in [4.69, 9.17) is 5.26 Å². The van der Waals surface area contributed by atoms with Gasteiger partial charge in [-0.15, -0.1) is 0 Å². The summed E-state index contributed by atoms with van der Waals surface area (Å²) in [6, 6.07) is 2.19. The Morgan fingerprint density at radius 2 is 2.50 bits per heavy atom. The zero-order chi connectivity index (χ0) is 10.6. The molecule has 1 aliphatic heterocycles. The fourth-order valence-electron chi connectivity index (χ4n) is 1.86. The smallest absolute Gasteiger partial charge is 0.310 e. The van der Waals surface area contributed by atoms with Crippen LogP contribution in [0, 0.1) is 17.2 Å². The van der Waals surface area contributed by atoms with Gasteiger partial charge < -0.3 is 4.74 Å². The average Bonchev–Trinajstić information content (AvgIpc) is 2.68. The molecule has 0 aliphatic carbocycles. The zero-order valence-electron chi connectivity index (χ0n) is 8.69. The number of likely N-dealkylation sites (tertiary alicyclic amines) is 1. The third-order valence-electron chi connectivity index (χ3n) is 2.73. The lowest BCUT2D eigenvalue weighted by Crippen LogP contribution is -2.32. The van der Waals surface area contributed by atoms with Crippen LogP contribution in [0.1, 0.15) is 19.8 Å². The predicted molar refractivity (Wildman–Crippen MR) is 51.4 cm³/mol. The van der Waals surface area contributed by atoms with Gasteiger partial charge in [-0.3, -0.25) is 9.69 Å². The number of ether oxygens (including phenoxy) is 1. The second-order valence-corrected chi connectivity index (χ2v) is 3.56. The number of nitrogens with zero attached hydrogens (tertiary/aromatic N) is 2. The third-order valence-corrected chi connectivity index (χ3v) is 2.73. The second kappa shape index (κ2) is 4.97.